The average Bonchev–Trinajstić information content (AvgIpc) is 2.37. The first-order chi connectivity index (χ1) is 8.24. The summed E-state index contributed by atoms with van der Waals surface area (Å²) in [6.45, 7) is 3.63. The van der Waals surface area contributed by atoms with E-state index >= 15 is 0 Å². The number of rotatable bonds is 3. The fraction of sp³-hybridized carbons (Fsp3) is 0.500. The van der Waals surface area contributed by atoms with Gasteiger partial charge in [0.2, 0.25) is 0 Å². The Kier molecular flexibility index (Phi) is 4.39. The van der Waals surface area contributed by atoms with Crippen LogP contribution < -0.4 is 5.32 Å². The summed E-state index contributed by atoms with van der Waals surface area (Å²) in [5.74, 6) is 0.227. The van der Waals surface area contributed by atoms with Crippen LogP contribution in [0.4, 0.5) is 0 Å². The van der Waals surface area contributed by atoms with E-state index in [9.17, 15) is 10.2 Å². The van der Waals surface area contributed by atoms with Gasteiger partial charge in [-0.05, 0) is 22.0 Å². The number of aliphatic hydroxyl groups excluding tert-OH is 1. The Morgan fingerprint density at radius 2 is 2.06 bits per heavy atom. The lowest BCUT2D eigenvalue weighted by Gasteiger charge is -2.34. The van der Waals surface area contributed by atoms with Gasteiger partial charge in [-0.2, -0.15) is 0 Å². The van der Waals surface area contributed by atoms with Crippen LogP contribution in [-0.4, -0.2) is 47.9 Å². The lowest BCUT2D eigenvalue weighted by atomic mass is 10.0. The summed E-state index contributed by atoms with van der Waals surface area (Å²) >= 11 is 3.31. The molecule has 0 aliphatic carbocycles. The molecule has 1 heterocycles. The van der Waals surface area contributed by atoms with E-state index in [2.05, 4.69) is 26.1 Å². The van der Waals surface area contributed by atoms with Crippen LogP contribution in [0.25, 0.3) is 0 Å². The number of nitrogens with zero attached hydrogens (tertiary/aromatic N) is 1. The zero-order valence-electron chi connectivity index (χ0n) is 9.56. The molecule has 0 amide bonds. The number of phenols is 1. The number of nitrogens with one attached hydrogen (secondary N) is 1. The van der Waals surface area contributed by atoms with E-state index in [4.69, 9.17) is 0 Å². The molecule has 1 aromatic rings. The van der Waals surface area contributed by atoms with Crippen molar-refractivity contribution in [3.8, 4) is 5.75 Å². The van der Waals surface area contributed by atoms with Gasteiger partial charge in [0.05, 0.1) is 17.1 Å². The molecule has 0 bridgehead atoms. The summed E-state index contributed by atoms with van der Waals surface area (Å²) < 4.78 is 0.670. The number of halogens is 1. The number of piperazine rings is 1. The van der Waals surface area contributed by atoms with Crippen LogP contribution in [0.5, 0.6) is 5.75 Å². The molecule has 4 nitrogen and oxygen atoms in total. The minimum Gasteiger partial charge on any atom is -0.506 e. The largest absolute Gasteiger partial charge is 0.506 e. The normalized spacial score (nSPS) is 19.2. The van der Waals surface area contributed by atoms with E-state index in [-0.39, 0.29) is 18.4 Å². The van der Waals surface area contributed by atoms with Crippen molar-refractivity contribution in [3.05, 3.63) is 28.2 Å². The van der Waals surface area contributed by atoms with Crippen LogP contribution in [0.2, 0.25) is 0 Å². The SMILES string of the molecule is OC[C@H](c1cccc(Br)c1O)N1CCNCC1. The molecule has 0 saturated carbocycles. The second-order valence-electron chi connectivity index (χ2n) is 4.16. The Morgan fingerprint density at radius 3 is 2.71 bits per heavy atom. The number of aliphatic hydroxyl groups is 1. The van der Waals surface area contributed by atoms with Crippen LogP contribution in [0.1, 0.15) is 11.6 Å². The third kappa shape index (κ3) is 2.80. The highest BCUT2D eigenvalue weighted by Crippen LogP contribution is 2.34. The number of benzene rings is 1. The van der Waals surface area contributed by atoms with Crippen molar-refractivity contribution in [2.24, 2.45) is 0 Å². The minimum absolute atomic E-state index is 0.0179. The summed E-state index contributed by atoms with van der Waals surface area (Å²) in [5, 5.41) is 22.9. The van der Waals surface area contributed by atoms with Crippen molar-refractivity contribution in [1.29, 1.82) is 0 Å². The molecule has 1 aromatic carbocycles. The van der Waals surface area contributed by atoms with E-state index in [1.54, 1.807) is 6.07 Å². The second kappa shape index (κ2) is 5.82. The number of phenolic OH excluding ortho intramolecular Hbond substituents is 1. The Hall–Kier alpha value is -0.620. The fourth-order valence-electron chi connectivity index (χ4n) is 2.21. The molecular weight excluding hydrogens is 284 g/mol. The predicted molar refractivity (Wildman–Crippen MR) is 70.1 cm³/mol. The van der Waals surface area contributed by atoms with Gasteiger partial charge in [0.25, 0.3) is 0 Å². The fourth-order valence-corrected chi connectivity index (χ4v) is 2.59. The van der Waals surface area contributed by atoms with Crippen LogP contribution in [-0.2, 0) is 0 Å². The molecule has 2 rings (SSSR count). The highest BCUT2D eigenvalue weighted by Gasteiger charge is 2.24. The molecule has 94 valence electrons. The highest BCUT2D eigenvalue weighted by atomic mass is 79.9. The topological polar surface area (TPSA) is 55.7 Å². The third-order valence-corrected chi connectivity index (χ3v) is 3.78. The van der Waals surface area contributed by atoms with Gasteiger partial charge >= 0.3 is 0 Å². The molecule has 1 aliphatic heterocycles. The van der Waals surface area contributed by atoms with E-state index < -0.39 is 0 Å². The van der Waals surface area contributed by atoms with Crippen LogP contribution in [0, 0.1) is 0 Å². The van der Waals surface area contributed by atoms with Gasteiger partial charge in [0.1, 0.15) is 5.75 Å². The summed E-state index contributed by atoms with van der Waals surface area (Å²) in [7, 11) is 0. The monoisotopic (exact) mass is 300 g/mol. The van der Waals surface area contributed by atoms with Crippen LogP contribution in [0.3, 0.4) is 0 Å². The lowest BCUT2D eigenvalue weighted by molar-refractivity contribution is 0.109. The maximum atomic E-state index is 10.0. The van der Waals surface area contributed by atoms with Crippen molar-refractivity contribution in [3.63, 3.8) is 0 Å². The maximum Gasteiger partial charge on any atom is 0.134 e. The van der Waals surface area contributed by atoms with Gasteiger partial charge in [0, 0.05) is 31.7 Å². The first-order valence-corrected chi connectivity index (χ1v) is 6.56. The summed E-state index contributed by atoms with van der Waals surface area (Å²) in [4.78, 5) is 2.19. The number of para-hydroxylation sites is 1. The van der Waals surface area contributed by atoms with Crippen molar-refractivity contribution < 1.29 is 10.2 Å². The smallest absolute Gasteiger partial charge is 0.134 e. The van der Waals surface area contributed by atoms with Gasteiger partial charge in [-0.25, -0.2) is 0 Å². The second-order valence-corrected chi connectivity index (χ2v) is 5.02. The standard InChI is InChI=1S/C12H17BrN2O2/c13-10-3-1-2-9(12(10)17)11(8-16)15-6-4-14-5-7-15/h1-3,11,14,16-17H,4-8H2/t11-/m1/s1. The molecule has 0 unspecified atom stereocenters. The van der Waals surface area contributed by atoms with E-state index in [1.165, 1.54) is 0 Å². The van der Waals surface area contributed by atoms with Crippen molar-refractivity contribution in [1.82, 2.24) is 10.2 Å². The van der Waals surface area contributed by atoms with E-state index in [0.29, 0.717) is 4.47 Å². The third-order valence-electron chi connectivity index (χ3n) is 3.14. The van der Waals surface area contributed by atoms with Crippen LogP contribution >= 0.6 is 15.9 Å². The average molecular weight is 301 g/mol. The van der Waals surface area contributed by atoms with Crippen molar-refractivity contribution in [2.45, 2.75) is 6.04 Å². The molecule has 1 saturated heterocycles. The number of hydrogen-bond donors (Lipinski definition) is 3. The Bertz CT molecular complexity index is 381. The molecular formula is C12H17BrN2O2. The first kappa shape index (κ1) is 12.8. The number of hydrogen-bond acceptors (Lipinski definition) is 4. The molecule has 5 heteroatoms. The van der Waals surface area contributed by atoms with Gasteiger partial charge in [0.15, 0.2) is 0 Å². The molecule has 1 atom stereocenters. The summed E-state index contributed by atoms with van der Waals surface area (Å²) in [6, 6.07) is 5.41. The predicted octanol–water partition coefficient (Wildman–Crippen LogP) is 1.09. The van der Waals surface area contributed by atoms with Crippen molar-refractivity contribution >= 4 is 15.9 Å². The summed E-state index contributed by atoms with van der Waals surface area (Å²) in [6.07, 6.45) is 0. The van der Waals surface area contributed by atoms with Gasteiger partial charge in [-0.15, -0.1) is 0 Å². The molecule has 0 aromatic heterocycles. The molecule has 3 N–H and O–H groups in total. The molecule has 0 radical (unpaired) electrons. The Labute approximate surface area is 109 Å². The van der Waals surface area contributed by atoms with Gasteiger partial charge < -0.3 is 15.5 Å². The highest BCUT2D eigenvalue weighted by molar-refractivity contribution is 9.10. The van der Waals surface area contributed by atoms with Crippen LogP contribution in [0.15, 0.2) is 22.7 Å². The summed E-state index contributed by atoms with van der Waals surface area (Å²) in [5.41, 5.74) is 0.781. The van der Waals surface area contributed by atoms with Crippen molar-refractivity contribution in [2.75, 3.05) is 32.8 Å². The first-order valence-electron chi connectivity index (χ1n) is 5.77. The molecule has 1 fully saturated rings. The zero-order valence-corrected chi connectivity index (χ0v) is 11.2. The number of aromatic hydroxyl groups is 1. The Morgan fingerprint density at radius 1 is 1.35 bits per heavy atom. The molecule has 0 spiro atoms. The maximum absolute atomic E-state index is 10.0. The molecule has 1 aliphatic rings. The van der Waals surface area contributed by atoms with Gasteiger partial charge in [-0.1, -0.05) is 12.1 Å². The van der Waals surface area contributed by atoms with E-state index in [1.807, 2.05) is 12.1 Å². The minimum atomic E-state index is -0.130. The Balaban J connectivity index is 2.24. The zero-order chi connectivity index (χ0) is 12.3. The lowest BCUT2D eigenvalue weighted by Crippen LogP contribution is -2.46. The quantitative estimate of drug-likeness (QED) is 0.782. The molecule has 17 heavy (non-hydrogen) atoms. The van der Waals surface area contributed by atoms with Gasteiger partial charge in [-0.3, -0.25) is 4.90 Å². The van der Waals surface area contributed by atoms with E-state index in [0.717, 1.165) is 31.7 Å².